The molecule has 34 heavy (non-hydrogen) atoms. The van der Waals surface area contributed by atoms with Crippen LogP contribution in [-0.4, -0.2) is 23.5 Å². The molecule has 0 aliphatic carbocycles. The van der Waals surface area contributed by atoms with Gasteiger partial charge in [0.2, 0.25) is 5.91 Å². The van der Waals surface area contributed by atoms with Gasteiger partial charge in [0.15, 0.2) is 5.11 Å². The molecule has 0 heterocycles. The van der Waals surface area contributed by atoms with Gasteiger partial charge in [-0.05, 0) is 66.5 Å². The number of benzene rings is 3. The highest BCUT2D eigenvalue weighted by Gasteiger charge is 2.14. The third-order valence-electron chi connectivity index (χ3n) is 4.84. The van der Waals surface area contributed by atoms with Crippen molar-refractivity contribution in [2.24, 2.45) is 5.92 Å². The molecule has 0 saturated carbocycles. The van der Waals surface area contributed by atoms with Crippen molar-refractivity contribution in [1.82, 2.24) is 5.32 Å². The van der Waals surface area contributed by atoms with Crippen LogP contribution in [0, 0.1) is 5.92 Å². The Kier molecular flexibility index (Phi) is 9.17. The van der Waals surface area contributed by atoms with Crippen LogP contribution in [0.2, 0.25) is 0 Å². The number of hydrogen-bond acceptors (Lipinski definition) is 4. The van der Waals surface area contributed by atoms with Gasteiger partial charge in [-0.15, -0.1) is 0 Å². The molecule has 0 aliphatic heterocycles. The van der Waals surface area contributed by atoms with E-state index < -0.39 is 0 Å². The molecule has 2 amide bonds. The minimum absolute atomic E-state index is 0.0503. The lowest BCUT2D eigenvalue weighted by atomic mass is 10.1. The van der Waals surface area contributed by atoms with E-state index in [1.807, 2.05) is 50.2 Å². The SMILES string of the molecule is CC(C)COc1ccccc1C(=O)NC(=S)Nc1ccc(NC(=O)CCc2ccccc2)cc1. The molecule has 0 aromatic heterocycles. The molecule has 3 rings (SSSR count). The second kappa shape index (κ2) is 12.5. The first kappa shape index (κ1) is 24.9. The quantitative estimate of drug-likeness (QED) is 0.360. The molecule has 7 heteroatoms. The molecule has 3 aromatic carbocycles. The molecule has 0 unspecified atom stereocenters. The van der Waals surface area contributed by atoms with Crippen LogP contribution < -0.4 is 20.7 Å². The monoisotopic (exact) mass is 475 g/mol. The zero-order chi connectivity index (χ0) is 24.3. The molecule has 0 aliphatic rings. The molecule has 176 valence electrons. The van der Waals surface area contributed by atoms with Crippen molar-refractivity contribution in [3.8, 4) is 5.75 Å². The first-order valence-electron chi connectivity index (χ1n) is 11.2. The molecule has 3 aromatic rings. The summed E-state index contributed by atoms with van der Waals surface area (Å²) < 4.78 is 5.75. The van der Waals surface area contributed by atoms with E-state index >= 15 is 0 Å². The van der Waals surface area contributed by atoms with Crippen molar-refractivity contribution < 1.29 is 14.3 Å². The van der Waals surface area contributed by atoms with Gasteiger partial charge >= 0.3 is 0 Å². The van der Waals surface area contributed by atoms with Crippen LogP contribution in [0.15, 0.2) is 78.9 Å². The van der Waals surface area contributed by atoms with Gasteiger partial charge in [0, 0.05) is 17.8 Å². The fourth-order valence-corrected chi connectivity index (χ4v) is 3.34. The molecule has 6 nitrogen and oxygen atoms in total. The third-order valence-corrected chi connectivity index (χ3v) is 5.05. The van der Waals surface area contributed by atoms with Crippen LogP contribution in [0.25, 0.3) is 0 Å². The Labute approximate surface area is 205 Å². The summed E-state index contributed by atoms with van der Waals surface area (Å²) in [4.78, 5) is 24.9. The van der Waals surface area contributed by atoms with Gasteiger partial charge < -0.3 is 15.4 Å². The number of para-hydroxylation sites is 1. The predicted octanol–water partition coefficient (Wildman–Crippen LogP) is 5.42. The molecule has 3 N–H and O–H groups in total. The topological polar surface area (TPSA) is 79.5 Å². The largest absolute Gasteiger partial charge is 0.492 e. The highest BCUT2D eigenvalue weighted by molar-refractivity contribution is 7.80. The number of hydrogen-bond donors (Lipinski definition) is 3. The van der Waals surface area contributed by atoms with E-state index in [-0.39, 0.29) is 16.9 Å². The summed E-state index contributed by atoms with van der Waals surface area (Å²) in [6.45, 7) is 4.61. The van der Waals surface area contributed by atoms with Gasteiger partial charge in [0.1, 0.15) is 5.75 Å². The van der Waals surface area contributed by atoms with Crippen LogP contribution in [0.1, 0.15) is 36.2 Å². The standard InChI is InChI=1S/C27H29N3O3S/c1-19(2)18-33-24-11-7-6-10-23(24)26(32)30-27(34)29-22-15-13-21(14-16-22)28-25(31)17-12-20-8-4-3-5-9-20/h3-11,13-16,19H,12,17-18H2,1-2H3,(H,28,31)(H2,29,30,32,34). The molecule has 0 saturated heterocycles. The summed E-state index contributed by atoms with van der Waals surface area (Å²) in [7, 11) is 0. The second-order valence-corrected chi connectivity index (χ2v) is 8.63. The Morgan fingerprint density at radius 1 is 0.853 bits per heavy atom. The molecular weight excluding hydrogens is 446 g/mol. The lowest BCUT2D eigenvalue weighted by Gasteiger charge is -2.14. The number of aryl methyl sites for hydroxylation is 1. The van der Waals surface area contributed by atoms with Crippen molar-refractivity contribution >= 4 is 40.5 Å². The molecular formula is C27H29N3O3S. The molecule has 0 spiro atoms. The fourth-order valence-electron chi connectivity index (χ4n) is 3.13. The average molecular weight is 476 g/mol. The maximum absolute atomic E-state index is 12.7. The van der Waals surface area contributed by atoms with Crippen molar-refractivity contribution in [3.63, 3.8) is 0 Å². The van der Waals surface area contributed by atoms with Crippen molar-refractivity contribution in [2.45, 2.75) is 26.7 Å². The maximum atomic E-state index is 12.7. The van der Waals surface area contributed by atoms with Crippen LogP contribution in [0.4, 0.5) is 11.4 Å². The van der Waals surface area contributed by atoms with Crippen molar-refractivity contribution in [2.75, 3.05) is 17.2 Å². The van der Waals surface area contributed by atoms with Gasteiger partial charge in [-0.2, -0.15) is 0 Å². The third kappa shape index (κ3) is 8.01. The average Bonchev–Trinajstić information content (AvgIpc) is 2.83. The summed E-state index contributed by atoms with van der Waals surface area (Å²) in [6, 6.07) is 24.1. The molecule has 0 bridgehead atoms. The van der Waals surface area contributed by atoms with Gasteiger partial charge in [-0.3, -0.25) is 14.9 Å². The lowest BCUT2D eigenvalue weighted by Crippen LogP contribution is -2.34. The van der Waals surface area contributed by atoms with Gasteiger partial charge in [-0.1, -0.05) is 56.3 Å². The fraction of sp³-hybridized carbons (Fsp3) is 0.222. The predicted molar refractivity (Wildman–Crippen MR) is 140 cm³/mol. The van der Waals surface area contributed by atoms with Crippen molar-refractivity contribution in [1.29, 1.82) is 0 Å². The zero-order valence-electron chi connectivity index (χ0n) is 19.3. The van der Waals surface area contributed by atoms with E-state index in [0.29, 0.717) is 48.1 Å². The Morgan fingerprint density at radius 3 is 2.15 bits per heavy atom. The number of ether oxygens (including phenoxy) is 1. The van der Waals surface area contributed by atoms with E-state index in [4.69, 9.17) is 17.0 Å². The number of nitrogens with one attached hydrogen (secondary N) is 3. The number of amides is 2. The molecule has 0 atom stereocenters. The van der Waals surface area contributed by atoms with Crippen molar-refractivity contribution in [3.05, 3.63) is 90.0 Å². The highest BCUT2D eigenvalue weighted by atomic mass is 32.1. The van der Waals surface area contributed by atoms with Gasteiger partial charge in [0.05, 0.1) is 12.2 Å². The van der Waals surface area contributed by atoms with E-state index in [0.717, 1.165) is 5.56 Å². The first-order chi connectivity index (χ1) is 16.4. The van der Waals surface area contributed by atoms with Gasteiger partial charge in [0.25, 0.3) is 5.91 Å². The van der Waals surface area contributed by atoms with Crippen LogP contribution in [0.3, 0.4) is 0 Å². The number of carbonyl (C=O) groups is 2. The smallest absolute Gasteiger partial charge is 0.261 e. The molecule has 0 radical (unpaired) electrons. The Bertz CT molecular complexity index is 1120. The summed E-state index contributed by atoms with van der Waals surface area (Å²) in [5.74, 6) is 0.462. The second-order valence-electron chi connectivity index (χ2n) is 8.22. The minimum atomic E-state index is -0.348. The summed E-state index contributed by atoms with van der Waals surface area (Å²) in [6.07, 6.45) is 1.09. The lowest BCUT2D eigenvalue weighted by molar-refractivity contribution is -0.116. The number of thiocarbonyl (C=S) groups is 1. The minimum Gasteiger partial charge on any atom is -0.492 e. The maximum Gasteiger partial charge on any atom is 0.261 e. The van der Waals surface area contributed by atoms with Gasteiger partial charge in [-0.25, -0.2) is 0 Å². The van der Waals surface area contributed by atoms with Crippen LogP contribution in [-0.2, 0) is 11.2 Å². The summed E-state index contributed by atoms with van der Waals surface area (Å²) in [5.41, 5.74) is 2.93. The number of rotatable bonds is 9. The van der Waals surface area contributed by atoms with E-state index in [1.54, 1.807) is 42.5 Å². The summed E-state index contributed by atoms with van der Waals surface area (Å²) >= 11 is 5.29. The van der Waals surface area contributed by atoms with E-state index in [1.165, 1.54) is 0 Å². The summed E-state index contributed by atoms with van der Waals surface area (Å²) in [5, 5.41) is 8.73. The highest BCUT2D eigenvalue weighted by Crippen LogP contribution is 2.19. The Balaban J connectivity index is 1.49. The van der Waals surface area contributed by atoms with E-state index in [2.05, 4.69) is 16.0 Å². The molecule has 0 fully saturated rings. The van der Waals surface area contributed by atoms with E-state index in [9.17, 15) is 9.59 Å². The number of anilines is 2. The number of carbonyl (C=O) groups excluding carboxylic acids is 2. The normalized spacial score (nSPS) is 10.4. The Hall–Kier alpha value is -3.71. The zero-order valence-corrected chi connectivity index (χ0v) is 20.2. The first-order valence-corrected chi connectivity index (χ1v) is 11.6. The van der Waals surface area contributed by atoms with Crippen LogP contribution in [0.5, 0.6) is 5.75 Å². The Morgan fingerprint density at radius 2 is 1.47 bits per heavy atom. The van der Waals surface area contributed by atoms with Crippen LogP contribution >= 0.6 is 12.2 Å².